The molecule has 0 saturated carbocycles. The van der Waals surface area contributed by atoms with Crippen molar-refractivity contribution >= 4 is 29.4 Å². The van der Waals surface area contributed by atoms with Crippen LogP contribution in [-0.4, -0.2) is 28.8 Å². The van der Waals surface area contributed by atoms with E-state index in [0.717, 1.165) is 11.5 Å². The van der Waals surface area contributed by atoms with Crippen LogP contribution in [0.2, 0.25) is 0 Å². The molecule has 0 aliphatic rings. The second-order valence-electron chi connectivity index (χ2n) is 3.86. The van der Waals surface area contributed by atoms with E-state index in [1.165, 1.54) is 6.07 Å². The number of rotatable bonds is 7. The summed E-state index contributed by atoms with van der Waals surface area (Å²) in [7, 11) is 0. The van der Waals surface area contributed by atoms with Gasteiger partial charge in [-0.3, -0.25) is 14.9 Å². The molecule has 0 fully saturated rings. The molecule has 18 heavy (non-hydrogen) atoms. The maximum Gasteiger partial charge on any atom is 0.293 e. The van der Waals surface area contributed by atoms with E-state index in [1.807, 2.05) is 6.92 Å². The van der Waals surface area contributed by atoms with Crippen molar-refractivity contribution in [1.82, 2.24) is 0 Å². The third-order valence-electron chi connectivity index (χ3n) is 2.33. The minimum atomic E-state index is -0.477. The Kier molecular flexibility index (Phi) is 5.64. The second kappa shape index (κ2) is 7.00. The fourth-order valence-electron chi connectivity index (χ4n) is 1.50. The number of carbonyl (C=O) groups is 1. The monoisotopic (exact) mass is 268 g/mol. The van der Waals surface area contributed by atoms with Crippen LogP contribution in [0.25, 0.3) is 0 Å². The van der Waals surface area contributed by atoms with Crippen molar-refractivity contribution in [3.05, 3.63) is 33.9 Å². The molecule has 5 nitrogen and oxygen atoms in total. The summed E-state index contributed by atoms with van der Waals surface area (Å²) >= 11 is 1.77. The summed E-state index contributed by atoms with van der Waals surface area (Å²) in [5.41, 5.74) is 0.700. The highest BCUT2D eigenvalue weighted by Gasteiger charge is 2.16. The molecule has 1 atom stereocenters. The number of carbonyl (C=O) groups excluding carboxylic acids is 1. The third-order valence-corrected chi connectivity index (χ3v) is 3.47. The van der Waals surface area contributed by atoms with Crippen LogP contribution in [0.15, 0.2) is 18.2 Å². The van der Waals surface area contributed by atoms with Gasteiger partial charge in [0.05, 0.1) is 4.92 Å². The molecule has 98 valence electrons. The smallest absolute Gasteiger partial charge is 0.293 e. The highest BCUT2D eigenvalue weighted by molar-refractivity contribution is 7.99. The molecular formula is C12H16N2O3S. The molecule has 0 radical (unpaired) electrons. The lowest BCUT2D eigenvalue weighted by Gasteiger charge is -2.14. The average Bonchev–Trinajstić information content (AvgIpc) is 2.36. The minimum Gasteiger partial charge on any atom is -0.376 e. The van der Waals surface area contributed by atoms with E-state index in [4.69, 9.17) is 0 Å². The van der Waals surface area contributed by atoms with Crippen LogP contribution in [0.5, 0.6) is 0 Å². The van der Waals surface area contributed by atoms with Crippen molar-refractivity contribution in [2.24, 2.45) is 0 Å². The Morgan fingerprint density at radius 1 is 1.56 bits per heavy atom. The van der Waals surface area contributed by atoms with E-state index in [2.05, 4.69) is 12.2 Å². The van der Waals surface area contributed by atoms with Gasteiger partial charge in [0.2, 0.25) is 0 Å². The van der Waals surface area contributed by atoms with Gasteiger partial charge < -0.3 is 5.32 Å². The minimum absolute atomic E-state index is 0.0621. The Morgan fingerprint density at radius 3 is 2.83 bits per heavy atom. The van der Waals surface area contributed by atoms with Gasteiger partial charge in [-0.2, -0.15) is 11.8 Å². The zero-order valence-corrected chi connectivity index (χ0v) is 11.2. The fraction of sp³-hybridized carbons (Fsp3) is 0.417. The molecule has 1 rings (SSSR count). The predicted molar refractivity (Wildman–Crippen MR) is 74.6 cm³/mol. The standard InChI is InChI=1S/C12H16N2O3S/c1-3-18-8-9(2)13-11-5-4-10(7-15)6-12(11)14(16)17/h4-7,9,13H,3,8H2,1-2H3. The van der Waals surface area contributed by atoms with Crippen molar-refractivity contribution in [1.29, 1.82) is 0 Å². The lowest BCUT2D eigenvalue weighted by molar-refractivity contribution is -0.384. The Labute approximate surface area is 110 Å². The first-order chi connectivity index (χ1) is 8.58. The lowest BCUT2D eigenvalue weighted by Crippen LogP contribution is -2.18. The normalized spacial score (nSPS) is 11.9. The number of hydrogen-bond donors (Lipinski definition) is 1. The second-order valence-corrected chi connectivity index (χ2v) is 5.18. The lowest BCUT2D eigenvalue weighted by atomic mass is 10.2. The van der Waals surface area contributed by atoms with E-state index >= 15 is 0 Å². The number of anilines is 1. The quantitative estimate of drug-likeness (QED) is 0.467. The summed E-state index contributed by atoms with van der Waals surface area (Å²) in [4.78, 5) is 21.1. The highest BCUT2D eigenvalue weighted by atomic mass is 32.2. The molecule has 0 amide bonds. The Hall–Kier alpha value is -1.56. The zero-order chi connectivity index (χ0) is 13.5. The Balaban J connectivity index is 2.87. The zero-order valence-electron chi connectivity index (χ0n) is 10.4. The number of nitro groups is 1. The molecule has 1 unspecified atom stereocenters. The van der Waals surface area contributed by atoms with Crippen molar-refractivity contribution in [2.75, 3.05) is 16.8 Å². The van der Waals surface area contributed by atoms with Gasteiger partial charge in [0, 0.05) is 23.4 Å². The van der Waals surface area contributed by atoms with Crippen LogP contribution in [0.3, 0.4) is 0 Å². The molecule has 0 spiro atoms. The van der Waals surface area contributed by atoms with Crippen molar-refractivity contribution in [3.63, 3.8) is 0 Å². The molecule has 0 aliphatic carbocycles. The van der Waals surface area contributed by atoms with Gasteiger partial charge >= 0.3 is 0 Å². The number of thioether (sulfide) groups is 1. The van der Waals surface area contributed by atoms with Crippen LogP contribution in [-0.2, 0) is 0 Å². The van der Waals surface area contributed by atoms with Gasteiger partial charge in [-0.15, -0.1) is 0 Å². The number of hydrogen-bond acceptors (Lipinski definition) is 5. The fourth-order valence-corrected chi connectivity index (χ4v) is 2.17. The SMILES string of the molecule is CCSCC(C)Nc1ccc(C=O)cc1[N+](=O)[O-]. The average molecular weight is 268 g/mol. The van der Waals surface area contributed by atoms with Crippen molar-refractivity contribution in [2.45, 2.75) is 19.9 Å². The van der Waals surface area contributed by atoms with E-state index in [0.29, 0.717) is 17.5 Å². The maximum atomic E-state index is 10.9. The summed E-state index contributed by atoms with van der Waals surface area (Å²) < 4.78 is 0. The summed E-state index contributed by atoms with van der Waals surface area (Å²) in [6, 6.07) is 4.57. The highest BCUT2D eigenvalue weighted by Crippen LogP contribution is 2.26. The van der Waals surface area contributed by atoms with Crippen LogP contribution in [0, 0.1) is 10.1 Å². The van der Waals surface area contributed by atoms with Gasteiger partial charge in [-0.1, -0.05) is 6.92 Å². The van der Waals surface area contributed by atoms with Crippen LogP contribution >= 0.6 is 11.8 Å². The number of nitrogens with zero attached hydrogens (tertiary/aromatic N) is 1. The molecule has 0 aromatic heterocycles. The molecule has 1 aromatic carbocycles. The molecule has 0 bridgehead atoms. The van der Waals surface area contributed by atoms with E-state index < -0.39 is 4.92 Å². The number of aldehydes is 1. The molecule has 1 aromatic rings. The summed E-state index contributed by atoms with van der Waals surface area (Å²) in [6.45, 7) is 4.04. The van der Waals surface area contributed by atoms with Crippen molar-refractivity contribution in [3.8, 4) is 0 Å². The van der Waals surface area contributed by atoms with E-state index in [1.54, 1.807) is 23.9 Å². The number of nitrogens with one attached hydrogen (secondary N) is 1. The molecular weight excluding hydrogens is 252 g/mol. The summed E-state index contributed by atoms with van der Waals surface area (Å²) in [5, 5.41) is 14.0. The number of nitro benzene ring substituents is 1. The molecule has 1 N–H and O–H groups in total. The van der Waals surface area contributed by atoms with Gasteiger partial charge in [0.1, 0.15) is 12.0 Å². The van der Waals surface area contributed by atoms with Crippen LogP contribution in [0.4, 0.5) is 11.4 Å². The van der Waals surface area contributed by atoms with Gasteiger partial charge in [0.25, 0.3) is 5.69 Å². The van der Waals surface area contributed by atoms with Gasteiger partial charge in [-0.25, -0.2) is 0 Å². The van der Waals surface area contributed by atoms with E-state index in [9.17, 15) is 14.9 Å². The maximum absolute atomic E-state index is 10.9. The molecule has 0 saturated heterocycles. The summed E-state index contributed by atoms with van der Waals surface area (Å²) in [5.74, 6) is 1.89. The summed E-state index contributed by atoms with van der Waals surface area (Å²) in [6.07, 6.45) is 0.604. The van der Waals surface area contributed by atoms with Crippen LogP contribution in [0.1, 0.15) is 24.2 Å². The first kappa shape index (κ1) is 14.5. The largest absolute Gasteiger partial charge is 0.376 e. The Morgan fingerprint density at radius 2 is 2.28 bits per heavy atom. The molecule has 6 heteroatoms. The molecule has 0 heterocycles. The van der Waals surface area contributed by atoms with Gasteiger partial charge in [-0.05, 0) is 24.8 Å². The third kappa shape index (κ3) is 4.03. The molecule has 0 aliphatic heterocycles. The Bertz CT molecular complexity index is 437. The van der Waals surface area contributed by atoms with Crippen molar-refractivity contribution < 1.29 is 9.72 Å². The predicted octanol–water partition coefficient (Wildman–Crippen LogP) is 2.96. The van der Waals surface area contributed by atoms with Crippen LogP contribution < -0.4 is 5.32 Å². The first-order valence-corrected chi connectivity index (χ1v) is 6.81. The number of benzene rings is 1. The first-order valence-electron chi connectivity index (χ1n) is 5.66. The topological polar surface area (TPSA) is 72.2 Å². The van der Waals surface area contributed by atoms with E-state index in [-0.39, 0.29) is 11.7 Å². The van der Waals surface area contributed by atoms with Gasteiger partial charge in [0.15, 0.2) is 0 Å².